The average molecular weight is 1140 g/mol. The molecule has 0 atom stereocenters. The van der Waals surface area contributed by atoms with Gasteiger partial charge >= 0.3 is 33.0 Å². The zero-order valence-electron chi connectivity index (χ0n) is 40.0. The summed E-state index contributed by atoms with van der Waals surface area (Å²) in [6, 6.07) is 91.7. The second-order valence-electron chi connectivity index (χ2n) is 17.1. The molecule has 8 aromatic rings. The van der Waals surface area contributed by atoms with E-state index in [9.17, 15) is 25.2 Å². The van der Waals surface area contributed by atoms with Crippen LogP contribution in [0.2, 0.25) is 0 Å². The third kappa shape index (κ3) is 20.9. The molecule has 0 N–H and O–H groups in total. The van der Waals surface area contributed by atoms with Crippen LogP contribution in [-0.2, 0) is 17.1 Å². The van der Waals surface area contributed by atoms with E-state index in [0.717, 1.165) is 0 Å². The molecule has 8 aromatic carbocycles. The number of hydrogen-bond acceptors (Lipinski definition) is 0. The molecule has 0 fully saturated rings. The largest absolute Gasteiger partial charge is 0.102 e. The van der Waals surface area contributed by atoms with Crippen LogP contribution in [0.3, 0.4) is 0 Å². The quantitative estimate of drug-likeness (QED) is 0.0340. The van der Waals surface area contributed by atoms with Gasteiger partial charge in [-0.05, 0) is 98.8 Å². The van der Waals surface area contributed by atoms with Gasteiger partial charge in [0.05, 0.1) is 18.5 Å². The molecule has 0 bridgehead atoms. The van der Waals surface area contributed by atoms with Crippen LogP contribution < -0.4 is 42.4 Å². The van der Waals surface area contributed by atoms with Gasteiger partial charge < -0.3 is 0 Å². The summed E-state index contributed by atoms with van der Waals surface area (Å²) >= 11 is 0. The minimum atomic E-state index is -10.7. The molecule has 72 heavy (non-hydrogen) atoms. The first-order chi connectivity index (χ1) is 34.2. The summed E-state index contributed by atoms with van der Waals surface area (Å²) in [7, 11) is -13.2. The van der Waals surface area contributed by atoms with Crippen molar-refractivity contribution in [3.63, 3.8) is 0 Å². The predicted octanol–water partition coefficient (Wildman–Crippen LogP) is 15.6. The van der Waals surface area contributed by atoms with E-state index in [0.29, 0.717) is 0 Å². The minimum Gasteiger partial charge on any atom is -0.102 e. The smallest absolute Gasteiger partial charge is 0.0617 e. The SMILES string of the molecule is F[P-](F)(F)(F)(F)F.[Fe].c1ccc(P(CCP(CCP(c2ccccc2)c2ccccc2)CC[PH+](CCP(c2ccccc2)c2ccccc2)CCP(c2ccccc2)c2ccccc2)c2ccccc2)cc1. The first kappa shape index (κ1) is 58.1. The topological polar surface area (TPSA) is 0 Å². The number of benzene rings is 8. The van der Waals surface area contributed by atoms with Crippen molar-refractivity contribution in [1.29, 1.82) is 0 Å². The van der Waals surface area contributed by atoms with E-state index in [1.54, 1.807) is 0 Å². The molecule has 8 rings (SSSR count). The van der Waals surface area contributed by atoms with E-state index < -0.39 is 47.4 Å². The molecular formula is C58H61F6FeP7. The van der Waals surface area contributed by atoms with E-state index >= 15 is 0 Å². The van der Waals surface area contributed by atoms with Crippen molar-refractivity contribution in [1.82, 2.24) is 0 Å². The molecule has 0 nitrogen and oxygen atoms in total. The molecule has 14 heteroatoms. The molecule has 0 saturated heterocycles. The molecule has 0 saturated carbocycles. The Kier molecular flexibility index (Phi) is 22.7. The van der Waals surface area contributed by atoms with Crippen molar-refractivity contribution >= 4 is 97.8 Å². The van der Waals surface area contributed by atoms with Crippen LogP contribution in [-0.4, -0.2) is 61.6 Å². The van der Waals surface area contributed by atoms with E-state index in [1.165, 1.54) is 104 Å². The van der Waals surface area contributed by atoms with Crippen LogP contribution in [0.1, 0.15) is 0 Å². The van der Waals surface area contributed by atoms with E-state index in [-0.39, 0.29) is 25.0 Å². The molecule has 0 aliphatic heterocycles. The van der Waals surface area contributed by atoms with Crippen molar-refractivity contribution in [3.05, 3.63) is 243 Å². The fourth-order valence-electron chi connectivity index (χ4n) is 8.54. The van der Waals surface area contributed by atoms with Gasteiger partial charge in [-0.2, -0.15) is 0 Å². The predicted molar refractivity (Wildman–Crippen MR) is 314 cm³/mol. The van der Waals surface area contributed by atoms with Gasteiger partial charge in [0.15, 0.2) is 0 Å². The molecule has 0 radical (unpaired) electrons. The van der Waals surface area contributed by atoms with Crippen LogP contribution in [0.5, 0.6) is 0 Å². The van der Waals surface area contributed by atoms with Crippen LogP contribution in [0, 0.1) is 0 Å². The summed E-state index contributed by atoms with van der Waals surface area (Å²) in [5.41, 5.74) is 0. The molecule has 0 unspecified atom stereocenters. The first-order valence-corrected chi connectivity index (χ1v) is 36.0. The molecule has 378 valence electrons. The molecule has 0 heterocycles. The Bertz CT molecular complexity index is 2200. The number of hydrogen-bond donors (Lipinski definition) is 0. The van der Waals surface area contributed by atoms with Crippen LogP contribution in [0.25, 0.3) is 0 Å². The third-order valence-corrected chi connectivity index (χ3v) is 29.4. The zero-order chi connectivity index (χ0) is 49.8. The Hall–Kier alpha value is -3.13. The van der Waals surface area contributed by atoms with Crippen molar-refractivity contribution in [2.45, 2.75) is 0 Å². The summed E-state index contributed by atoms with van der Waals surface area (Å²) < 4.78 is 59.2. The molecule has 0 amide bonds. The summed E-state index contributed by atoms with van der Waals surface area (Å²) in [5, 5.41) is 12.2. The van der Waals surface area contributed by atoms with Crippen LogP contribution in [0.4, 0.5) is 25.2 Å². The second kappa shape index (κ2) is 28.1. The maximum Gasteiger partial charge on any atom is 0.0617 e. The first-order valence-electron chi connectivity index (χ1n) is 23.9. The maximum absolute atomic E-state index is 10.7. The third-order valence-electron chi connectivity index (χ3n) is 12.0. The normalized spacial score (nSPS) is 12.6. The summed E-state index contributed by atoms with van der Waals surface area (Å²) in [6.45, 7) is 0. The van der Waals surface area contributed by atoms with Gasteiger partial charge in [0.1, 0.15) is 0 Å². The molecule has 0 aromatic heterocycles. The van der Waals surface area contributed by atoms with E-state index in [4.69, 9.17) is 0 Å². The van der Waals surface area contributed by atoms with Gasteiger partial charge in [-0.3, -0.25) is 0 Å². The number of rotatable bonds is 23. The molecule has 0 aliphatic carbocycles. The van der Waals surface area contributed by atoms with Gasteiger partial charge in [-0.25, -0.2) is 0 Å². The van der Waals surface area contributed by atoms with Crippen LogP contribution in [0.15, 0.2) is 243 Å². The van der Waals surface area contributed by atoms with Gasteiger partial charge in [0.2, 0.25) is 0 Å². The van der Waals surface area contributed by atoms with Crippen molar-refractivity contribution in [2.24, 2.45) is 0 Å². The fraction of sp³-hybridized carbons (Fsp3) is 0.172. The second-order valence-corrected chi connectivity index (χ2v) is 34.0. The molecular weight excluding hydrogens is 1080 g/mol. The van der Waals surface area contributed by atoms with Crippen LogP contribution >= 0.6 is 55.3 Å². The monoisotopic (exact) mass is 1140 g/mol. The summed E-state index contributed by atoms with van der Waals surface area (Å²) in [4.78, 5) is 0. The summed E-state index contributed by atoms with van der Waals surface area (Å²) in [6.07, 6.45) is 13.3. The van der Waals surface area contributed by atoms with Crippen molar-refractivity contribution < 1.29 is 42.3 Å². The van der Waals surface area contributed by atoms with Gasteiger partial charge in [-0.15, -0.1) is 7.92 Å². The number of halogens is 6. The Morgan fingerprint density at radius 1 is 0.250 bits per heavy atom. The Morgan fingerprint density at radius 2 is 0.417 bits per heavy atom. The Balaban J connectivity index is 0.000000986. The molecule has 0 aliphatic rings. The van der Waals surface area contributed by atoms with Gasteiger partial charge in [0.25, 0.3) is 0 Å². The fourth-order valence-corrected chi connectivity index (χ4v) is 28.2. The van der Waals surface area contributed by atoms with Crippen molar-refractivity contribution in [2.75, 3.05) is 61.6 Å². The Morgan fingerprint density at radius 3 is 0.611 bits per heavy atom. The summed E-state index contributed by atoms with van der Waals surface area (Å²) in [5.74, 6) is 0. The van der Waals surface area contributed by atoms with Gasteiger partial charge in [-0.1, -0.05) is 243 Å². The van der Waals surface area contributed by atoms with E-state index in [1.807, 2.05) is 0 Å². The minimum absolute atomic E-state index is 0. The van der Waals surface area contributed by atoms with Crippen molar-refractivity contribution in [3.8, 4) is 0 Å². The van der Waals surface area contributed by atoms with Gasteiger partial charge in [0, 0.05) is 43.5 Å². The zero-order valence-corrected chi connectivity index (χ0v) is 47.4. The van der Waals surface area contributed by atoms with E-state index in [2.05, 4.69) is 243 Å². The maximum atomic E-state index is 9.87. The Labute approximate surface area is 441 Å². The average Bonchev–Trinajstić information content (AvgIpc) is 3.39. The standard InChI is InChI=1S/C58H60P6.F6P.Fe/c1-9-25-51(26-10-1)61(52-27-11-2-12-28-52)47-43-59(44-48-62(53-29-13-3-14-30-53)54-31-15-4-16-32-54)41-42-60(45-49-63(55-33-17-5-18-34-55)56-35-19-6-20-36-56)46-50-64(57-37-21-7-22-38-57)58-39-23-8-24-40-58;1-7(2,3,4,5)6;/h1-40H,41-50H2;;/q;-1;/p+1. The molecule has 0 spiro atoms.